The molecule has 116 valence electrons. The van der Waals surface area contributed by atoms with Crippen LogP contribution >= 0.6 is 0 Å². The van der Waals surface area contributed by atoms with Crippen molar-refractivity contribution in [1.82, 2.24) is 4.90 Å². The zero-order chi connectivity index (χ0) is 15.3. The summed E-state index contributed by atoms with van der Waals surface area (Å²) in [7, 11) is 1.79. The molecule has 0 unspecified atom stereocenters. The molecule has 0 saturated heterocycles. The topological polar surface area (TPSA) is 60.8 Å². The maximum Gasteiger partial charge on any atom is 0.222 e. The normalized spacial score (nSPS) is 16.9. The minimum atomic E-state index is -0.556. The van der Waals surface area contributed by atoms with Gasteiger partial charge in [0.15, 0.2) is 0 Å². The van der Waals surface area contributed by atoms with Gasteiger partial charge < -0.3 is 15.1 Å². The van der Waals surface area contributed by atoms with Gasteiger partial charge in [0.25, 0.3) is 0 Å². The lowest BCUT2D eigenvalue weighted by molar-refractivity contribution is -0.130. The molecule has 0 heterocycles. The van der Waals surface area contributed by atoms with E-state index in [1.807, 2.05) is 6.07 Å². The van der Waals surface area contributed by atoms with Gasteiger partial charge in [0.05, 0.1) is 5.60 Å². The Morgan fingerprint density at radius 2 is 2.05 bits per heavy atom. The fraction of sp³-hybridized carbons (Fsp3) is 0.588. The van der Waals surface area contributed by atoms with E-state index in [0.717, 1.165) is 31.2 Å². The van der Waals surface area contributed by atoms with Crippen molar-refractivity contribution in [2.24, 2.45) is 0 Å². The van der Waals surface area contributed by atoms with E-state index < -0.39 is 5.60 Å². The number of nitrogens with zero attached hydrogens (tertiary/aromatic N) is 1. The van der Waals surface area contributed by atoms with E-state index in [1.165, 1.54) is 0 Å². The van der Waals surface area contributed by atoms with Crippen LogP contribution in [-0.2, 0) is 11.2 Å². The molecule has 0 aromatic heterocycles. The number of aromatic hydroxyl groups is 1. The number of aryl methyl sites for hydroxylation is 1. The molecule has 2 rings (SSSR count). The molecule has 2 N–H and O–H groups in total. The van der Waals surface area contributed by atoms with Crippen molar-refractivity contribution in [3.05, 3.63) is 29.8 Å². The molecule has 21 heavy (non-hydrogen) atoms. The molecule has 0 radical (unpaired) electrons. The maximum absolute atomic E-state index is 12.1. The fourth-order valence-corrected chi connectivity index (χ4v) is 2.94. The smallest absolute Gasteiger partial charge is 0.222 e. The molecule has 1 saturated carbocycles. The van der Waals surface area contributed by atoms with Gasteiger partial charge in [-0.1, -0.05) is 25.0 Å². The van der Waals surface area contributed by atoms with Crippen molar-refractivity contribution in [1.29, 1.82) is 0 Å². The molecule has 1 aromatic rings. The van der Waals surface area contributed by atoms with Crippen LogP contribution in [0.1, 0.15) is 44.1 Å². The van der Waals surface area contributed by atoms with Crippen molar-refractivity contribution in [3.63, 3.8) is 0 Å². The van der Waals surface area contributed by atoms with Crippen LogP contribution in [-0.4, -0.2) is 40.2 Å². The van der Waals surface area contributed by atoms with E-state index in [0.29, 0.717) is 25.8 Å². The van der Waals surface area contributed by atoms with E-state index in [2.05, 4.69) is 0 Å². The summed E-state index contributed by atoms with van der Waals surface area (Å²) in [4.78, 5) is 13.8. The highest BCUT2D eigenvalue weighted by molar-refractivity contribution is 5.76. The van der Waals surface area contributed by atoms with Gasteiger partial charge in [0.2, 0.25) is 5.91 Å². The van der Waals surface area contributed by atoms with Gasteiger partial charge in [0, 0.05) is 20.0 Å². The Bertz CT molecular complexity index is 481. The third kappa shape index (κ3) is 4.74. The highest BCUT2D eigenvalue weighted by Crippen LogP contribution is 2.32. The van der Waals surface area contributed by atoms with Gasteiger partial charge in [-0.05, 0) is 43.4 Å². The largest absolute Gasteiger partial charge is 0.508 e. The molecule has 0 atom stereocenters. The number of amides is 1. The molecule has 1 amide bonds. The minimum absolute atomic E-state index is 0.0833. The summed E-state index contributed by atoms with van der Waals surface area (Å²) in [5, 5.41) is 19.7. The minimum Gasteiger partial charge on any atom is -0.508 e. The van der Waals surface area contributed by atoms with Crippen LogP contribution in [0.3, 0.4) is 0 Å². The molecule has 4 nitrogen and oxygen atoms in total. The second-order valence-corrected chi connectivity index (χ2v) is 6.17. The van der Waals surface area contributed by atoms with Crippen molar-refractivity contribution in [2.75, 3.05) is 13.6 Å². The Morgan fingerprint density at radius 1 is 1.33 bits per heavy atom. The summed E-state index contributed by atoms with van der Waals surface area (Å²) in [5.41, 5.74) is 0.408. The number of benzene rings is 1. The van der Waals surface area contributed by atoms with Crippen LogP contribution in [0.25, 0.3) is 0 Å². The van der Waals surface area contributed by atoms with Crippen LogP contribution in [0.5, 0.6) is 5.75 Å². The maximum atomic E-state index is 12.1. The number of rotatable bonds is 6. The van der Waals surface area contributed by atoms with E-state index in [9.17, 15) is 15.0 Å². The summed E-state index contributed by atoms with van der Waals surface area (Å²) in [6, 6.07) is 7.01. The second-order valence-electron chi connectivity index (χ2n) is 6.17. The molecule has 1 fully saturated rings. The standard InChI is InChI=1S/C17H25NO3/c1-18(12-11-17(21)9-2-3-10-17)16(20)8-7-14-5-4-6-15(19)13-14/h4-6,13,19,21H,2-3,7-12H2,1H3. The van der Waals surface area contributed by atoms with Gasteiger partial charge in [-0.3, -0.25) is 4.79 Å². The van der Waals surface area contributed by atoms with Crippen molar-refractivity contribution in [3.8, 4) is 5.75 Å². The Hall–Kier alpha value is -1.55. The lowest BCUT2D eigenvalue weighted by Gasteiger charge is -2.25. The number of aliphatic hydroxyl groups is 1. The highest BCUT2D eigenvalue weighted by Gasteiger charge is 2.31. The summed E-state index contributed by atoms with van der Waals surface area (Å²) < 4.78 is 0. The van der Waals surface area contributed by atoms with E-state index in [4.69, 9.17) is 0 Å². The molecule has 1 aliphatic carbocycles. The van der Waals surface area contributed by atoms with Crippen LogP contribution < -0.4 is 0 Å². The lowest BCUT2D eigenvalue weighted by atomic mass is 9.98. The molecule has 1 aromatic carbocycles. The van der Waals surface area contributed by atoms with Crippen LogP contribution in [0.4, 0.5) is 0 Å². The second kappa shape index (κ2) is 6.94. The van der Waals surface area contributed by atoms with Crippen LogP contribution in [0.15, 0.2) is 24.3 Å². The molecular weight excluding hydrogens is 266 g/mol. The Kier molecular flexibility index (Phi) is 5.23. The summed E-state index contributed by atoms with van der Waals surface area (Å²) in [6.45, 7) is 0.607. The third-order valence-corrected chi connectivity index (χ3v) is 4.41. The predicted octanol–water partition coefficient (Wildman–Crippen LogP) is 2.48. The number of phenolic OH excluding ortho intramolecular Hbond substituents is 1. The average molecular weight is 291 g/mol. The first-order valence-electron chi connectivity index (χ1n) is 7.73. The van der Waals surface area contributed by atoms with Gasteiger partial charge in [-0.2, -0.15) is 0 Å². The molecule has 1 aliphatic rings. The monoisotopic (exact) mass is 291 g/mol. The zero-order valence-corrected chi connectivity index (χ0v) is 12.7. The first-order chi connectivity index (χ1) is 9.98. The predicted molar refractivity (Wildman–Crippen MR) is 82.1 cm³/mol. The quantitative estimate of drug-likeness (QED) is 0.846. The summed E-state index contributed by atoms with van der Waals surface area (Å²) in [6.07, 6.45) is 5.62. The van der Waals surface area contributed by atoms with Gasteiger partial charge >= 0.3 is 0 Å². The Morgan fingerprint density at radius 3 is 2.71 bits per heavy atom. The number of carbonyl (C=O) groups is 1. The SMILES string of the molecule is CN(CCC1(O)CCCC1)C(=O)CCc1cccc(O)c1. The van der Waals surface area contributed by atoms with Crippen molar-refractivity contribution in [2.45, 2.75) is 50.5 Å². The fourth-order valence-electron chi connectivity index (χ4n) is 2.94. The first kappa shape index (κ1) is 15.8. The average Bonchev–Trinajstić information content (AvgIpc) is 2.89. The van der Waals surface area contributed by atoms with Crippen molar-refractivity contribution >= 4 is 5.91 Å². The summed E-state index contributed by atoms with van der Waals surface area (Å²) >= 11 is 0. The first-order valence-corrected chi connectivity index (χ1v) is 7.73. The van der Waals surface area contributed by atoms with Gasteiger partial charge in [-0.15, -0.1) is 0 Å². The number of carbonyl (C=O) groups excluding carboxylic acids is 1. The zero-order valence-electron chi connectivity index (χ0n) is 12.7. The molecule has 0 spiro atoms. The molecule has 0 bridgehead atoms. The van der Waals surface area contributed by atoms with Crippen LogP contribution in [0.2, 0.25) is 0 Å². The summed E-state index contributed by atoms with van der Waals surface area (Å²) in [5.74, 6) is 0.316. The van der Waals surface area contributed by atoms with Gasteiger partial charge in [-0.25, -0.2) is 0 Å². The van der Waals surface area contributed by atoms with Crippen LogP contribution in [0, 0.1) is 0 Å². The molecular formula is C17H25NO3. The third-order valence-electron chi connectivity index (χ3n) is 4.41. The van der Waals surface area contributed by atoms with Crippen molar-refractivity contribution < 1.29 is 15.0 Å². The number of hydrogen-bond donors (Lipinski definition) is 2. The molecule has 4 heteroatoms. The van der Waals surface area contributed by atoms with Gasteiger partial charge in [0.1, 0.15) is 5.75 Å². The molecule has 0 aliphatic heterocycles. The van der Waals surface area contributed by atoms with E-state index in [1.54, 1.807) is 30.1 Å². The number of hydrogen-bond acceptors (Lipinski definition) is 3. The van der Waals surface area contributed by atoms with E-state index in [-0.39, 0.29) is 11.7 Å². The number of phenols is 1. The Labute approximate surface area is 126 Å². The highest BCUT2D eigenvalue weighted by atomic mass is 16.3. The Balaban J connectivity index is 1.74. The van der Waals surface area contributed by atoms with E-state index >= 15 is 0 Å². The lowest BCUT2D eigenvalue weighted by Crippen LogP contribution is -2.34.